The molecule has 0 radical (unpaired) electrons. The molecule has 6 nitrogen and oxygen atoms in total. The van der Waals surface area contributed by atoms with Crippen molar-refractivity contribution in [2.45, 2.75) is 20.0 Å². The summed E-state index contributed by atoms with van der Waals surface area (Å²) in [5.41, 5.74) is 6.17. The van der Waals surface area contributed by atoms with Crippen LogP contribution in [0.4, 0.5) is 5.69 Å². The minimum atomic E-state index is -0.582. The van der Waals surface area contributed by atoms with E-state index in [2.05, 4.69) is 0 Å². The van der Waals surface area contributed by atoms with Gasteiger partial charge >= 0.3 is 5.97 Å². The zero-order chi connectivity index (χ0) is 14.6. The standard InChI is InChI=1S/C13H19NO5/c1-7(2)19-13(15)10-11(14)8(16-3)6-9(17-4)12(10)18-5/h6-7H,14H2,1-5H3. The summed E-state index contributed by atoms with van der Waals surface area (Å²) in [5.74, 6) is 0.325. The van der Waals surface area contributed by atoms with Crippen LogP contribution in [-0.2, 0) is 4.74 Å². The first-order valence-corrected chi connectivity index (χ1v) is 5.75. The summed E-state index contributed by atoms with van der Waals surface area (Å²) in [4.78, 5) is 12.1. The lowest BCUT2D eigenvalue weighted by Gasteiger charge is -2.17. The number of benzene rings is 1. The molecule has 0 saturated carbocycles. The van der Waals surface area contributed by atoms with Crippen LogP contribution in [-0.4, -0.2) is 33.4 Å². The summed E-state index contributed by atoms with van der Waals surface area (Å²) >= 11 is 0. The largest absolute Gasteiger partial charge is 0.494 e. The molecule has 19 heavy (non-hydrogen) atoms. The van der Waals surface area contributed by atoms with Crippen LogP contribution < -0.4 is 19.9 Å². The van der Waals surface area contributed by atoms with Crippen LogP contribution in [0.5, 0.6) is 17.2 Å². The number of hydrogen-bond acceptors (Lipinski definition) is 6. The zero-order valence-electron chi connectivity index (χ0n) is 11.8. The summed E-state index contributed by atoms with van der Waals surface area (Å²) in [5, 5.41) is 0. The van der Waals surface area contributed by atoms with E-state index in [1.165, 1.54) is 21.3 Å². The molecule has 0 bridgehead atoms. The number of ether oxygens (including phenoxy) is 4. The third-order valence-corrected chi connectivity index (χ3v) is 2.44. The highest BCUT2D eigenvalue weighted by Crippen LogP contribution is 2.41. The van der Waals surface area contributed by atoms with Crippen LogP contribution in [0.3, 0.4) is 0 Å². The topological polar surface area (TPSA) is 80.0 Å². The van der Waals surface area contributed by atoms with Crippen LogP contribution in [0.1, 0.15) is 24.2 Å². The monoisotopic (exact) mass is 269 g/mol. The van der Waals surface area contributed by atoms with Gasteiger partial charge in [-0.3, -0.25) is 0 Å². The molecule has 0 spiro atoms. The molecule has 2 N–H and O–H groups in total. The van der Waals surface area contributed by atoms with Gasteiger partial charge in [0, 0.05) is 6.07 Å². The first kappa shape index (κ1) is 14.9. The van der Waals surface area contributed by atoms with Gasteiger partial charge in [-0.1, -0.05) is 0 Å². The average Bonchev–Trinajstić information content (AvgIpc) is 2.36. The van der Waals surface area contributed by atoms with E-state index in [0.717, 1.165) is 0 Å². The Balaban J connectivity index is 3.44. The van der Waals surface area contributed by atoms with E-state index < -0.39 is 5.97 Å². The second-order valence-corrected chi connectivity index (χ2v) is 4.06. The summed E-state index contributed by atoms with van der Waals surface area (Å²) in [6.07, 6.45) is -0.270. The number of anilines is 1. The van der Waals surface area contributed by atoms with Gasteiger partial charge < -0.3 is 24.7 Å². The molecule has 0 aliphatic carbocycles. The Morgan fingerprint density at radius 3 is 2.11 bits per heavy atom. The van der Waals surface area contributed by atoms with Gasteiger partial charge in [0.2, 0.25) is 0 Å². The van der Waals surface area contributed by atoms with Crippen molar-refractivity contribution in [2.75, 3.05) is 27.1 Å². The van der Waals surface area contributed by atoms with Gasteiger partial charge in [0.1, 0.15) is 11.3 Å². The van der Waals surface area contributed by atoms with Crippen LogP contribution in [0, 0.1) is 0 Å². The molecule has 106 valence electrons. The predicted molar refractivity (Wildman–Crippen MR) is 71.1 cm³/mol. The molecule has 1 aromatic carbocycles. The van der Waals surface area contributed by atoms with E-state index in [0.29, 0.717) is 11.5 Å². The molecule has 0 unspecified atom stereocenters. The minimum absolute atomic E-state index is 0.104. The second-order valence-electron chi connectivity index (χ2n) is 4.06. The lowest BCUT2D eigenvalue weighted by molar-refractivity contribution is 0.0374. The molecule has 0 saturated heterocycles. The van der Waals surface area contributed by atoms with Crippen molar-refractivity contribution in [3.8, 4) is 17.2 Å². The Hall–Kier alpha value is -2.11. The molecule has 0 heterocycles. The highest BCUT2D eigenvalue weighted by Gasteiger charge is 2.25. The molecular weight excluding hydrogens is 250 g/mol. The van der Waals surface area contributed by atoms with Crippen molar-refractivity contribution in [1.29, 1.82) is 0 Å². The molecule has 1 rings (SSSR count). The van der Waals surface area contributed by atoms with Gasteiger partial charge in [-0.05, 0) is 13.8 Å². The van der Waals surface area contributed by atoms with Crippen molar-refractivity contribution < 1.29 is 23.7 Å². The minimum Gasteiger partial charge on any atom is -0.494 e. The van der Waals surface area contributed by atoms with Crippen molar-refractivity contribution in [2.24, 2.45) is 0 Å². The third kappa shape index (κ3) is 3.01. The van der Waals surface area contributed by atoms with Crippen LogP contribution in [0.25, 0.3) is 0 Å². The Morgan fingerprint density at radius 1 is 1.11 bits per heavy atom. The van der Waals surface area contributed by atoms with Crippen molar-refractivity contribution in [3.05, 3.63) is 11.6 Å². The average molecular weight is 269 g/mol. The van der Waals surface area contributed by atoms with E-state index in [1.807, 2.05) is 0 Å². The maximum atomic E-state index is 12.1. The zero-order valence-corrected chi connectivity index (χ0v) is 11.8. The smallest absolute Gasteiger partial charge is 0.344 e. The molecule has 6 heteroatoms. The van der Waals surface area contributed by atoms with E-state index in [4.69, 9.17) is 24.7 Å². The first-order chi connectivity index (χ1) is 8.96. The van der Waals surface area contributed by atoms with Gasteiger partial charge in [-0.15, -0.1) is 0 Å². The number of hydrogen-bond donors (Lipinski definition) is 1. The number of carbonyl (C=O) groups is 1. The molecular formula is C13H19NO5. The van der Waals surface area contributed by atoms with Crippen LogP contribution in [0.2, 0.25) is 0 Å². The van der Waals surface area contributed by atoms with Crippen molar-refractivity contribution >= 4 is 11.7 Å². The number of nitrogens with two attached hydrogens (primary N) is 1. The number of rotatable bonds is 5. The Bertz CT molecular complexity index is 471. The van der Waals surface area contributed by atoms with Gasteiger partial charge in [0.25, 0.3) is 0 Å². The van der Waals surface area contributed by atoms with E-state index in [1.54, 1.807) is 19.9 Å². The number of methoxy groups -OCH3 is 3. The van der Waals surface area contributed by atoms with Gasteiger partial charge in [0.15, 0.2) is 11.5 Å². The molecule has 1 aromatic rings. The molecule has 0 amide bonds. The van der Waals surface area contributed by atoms with E-state index >= 15 is 0 Å². The Kier molecular flexibility index (Phi) is 4.86. The quantitative estimate of drug-likeness (QED) is 0.649. The normalized spacial score (nSPS) is 10.2. The van der Waals surface area contributed by atoms with Crippen molar-refractivity contribution in [3.63, 3.8) is 0 Å². The summed E-state index contributed by atoms with van der Waals surface area (Å²) in [7, 11) is 4.34. The van der Waals surface area contributed by atoms with Gasteiger partial charge in [-0.2, -0.15) is 0 Å². The van der Waals surface area contributed by atoms with E-state index in [9.17, 15) is 4.79 Å². The summed E-state index contributed by atoms with van der Waals surface area (Å²) in [6.45, 7) is 3.50. The first-order valence-electron chi connectivity index (χ1n) is 5.75. The Morgan fingerprint density at radius 2 is 1.68 bits per heavy atom. The lowest BCUT2D eigenvalue weighted by Crippen LogP contribution is -2.15. The maximum absolute atomic E-state index is 12.1. The molecule has 0 aliphatic heterocycles. The Labute approximate surface area is 112 Å². The van der Waals surface area contributed by atoms with Gasteiger partial charge in [0.05, 0.1) is 33.1 Å². The molecule has 0 aliphatic rings. The number of nitrogen functional groups attached to an aromatic ring is 1. The maximum Gasteiger partial charge on any atom is 0.344 e. The van der Waals surface area contributed by atoms with Gasteiger partial charge in [-0.25, -0.2) is 4.79 Å². The lowest BCUT2D eigenvalue weighted by atomic mass is 10.1. The molecule has 0 atom stereocenters. The molecule has 0 fully saturated rings. The highest BCUT2D eigenvalue weighted by molar-refractivity contribution is 6.01. The van der Waals surface area contributed by atoms with Crippen LogP contribution >= 0.6 is 0 Å². The fourth-order valence-corrected chi connectivity index (χ4v) is 1.63. The predicted octanol–water partition coefficient (Wildman–Crippen LogP) is 1.86. The second kappa shape index (κ2) is 6.17. The fraction of sp³-hybridized carbons (Fsp3) is 0.462. The summed E-state index contributed by atoms with van der Waals surface area (Å²) < 4.78 is 20.6. The number of esters is 1. The summed E-state index contributed by atoms with van der Waals surface area (Å²) in [6, 6.07) is 1.56. The SMILES string of the molecule is COc1cc(OC)c(OC)c(C(=O)OC(C)C)c1N. The van der Waals surface area contributed by atoms with Crippen LogP contribution in [0.15, 0.2) is 6.07 Å². The highest BCUT2D eigenvalue weighted by atomic mass is 16.5. The van der Waals surface area contributed by atoms with Crippen molar-refractivity contribution in [1.82, 2.24) is 0 Å². The third-order valence-electron chi connectivity index (χ3n) is 2.44. The number of carbonyl (C=O) groups excluding carboxylic acids is 1. The van der Waals surface area contributed by atoms with E-state index in [-0.39, 0.29) is 23.1 Å². The molecule has 0 aromatic heterocycles. The fourth-order valence-electron chi connectivity index (χ4n) is 1.63.